The summed E-state index contributed by atoms with van der Waals surface area (Å²) in [6.07, 6.45) is 6.40. The first-order valence-corrected chi connectivity index (χ1v) is 14.4. The van der Waals surface area contributed by atoms with Gasteiger partial charge in [-0.25, -0.2) is 0 Å². The zero-order chi connectivity index (χ0) is 26.6. The zero-order valence-electron chi connectivity index (χ0n) is 21.9. The molecular formula is C27H41N3O6S. The van der Waals surface area contributed by atoms with Gasteiger partial charge in [0.15, 0.2) is 0 Å². The molecule has 4 saturated heterocycles. The highest BCUT2D eigenvalue weighted by Crippen LogP contribution is 2.66. The molecule has 4 rings (SSSR count). The Balaban J connectivity index is 1.58. The third-order valence-corrected chi connectivity index (χ3v) is 10.2. The first kappa shape index (κ1) is 28.1. The second-order valence-corrected chi connectivity index (χ2v) is 12.1. The van der Waals surface area contributed by atoms with E-state index in [1.807, 2.05) is 0 Å². The minimum absolute atomic E-state index is 0.0380. The van der Waals surface area contributed by atoms with Crippen LogP contribution in [-0.2, 0) is 23.9 Å². The highest BCUT2D eigenvalue weighted by molar-refractivity contribution is 8.02. The minimum atomic E-state index is -0.731. The molecule has 206 valence electrons. The number of thioether (sulfide) groups is 1. The van der Waals surface area contributed by atoms with Gasteiger partial charge in [-0.05, 0) is 32.6 Å². The van der Waals surface area contributed by atoms with E-state index in [1.165, 1.54) is 0 Å². The highest BCUT2D eigenvalue weighted by Gasteiger charge is 2.74. The van der Waals surface area contributed by atoms with Crippen molar-refractivity contribution >= 4 is 29.5 Å². The van der Waals surface area contributed by atoms with Crippen molar-refractivity contribution in [2.45, 2.75) is 54.7 Å². The summed E-state index contributed by atoms with van der Waals surface area (Å²) >= 11 is 1.62. The van der Waals surface area contributed by atoms with E-state index in [-0.39, 0.29) is 29.6 Å². The lowest BCUT2D eigenvalue weighted by Crippen LogP contribution is -2.57. The molecular weight excluding hydrogens is 494 g/mol. The van der Waals surface area contributed by atoms with E-state index in [1.54, 1.807) is 40.6 Å². The monoisotopic (exact) mass is 535 g/mol. The number of likely N-dealkylation sites (tertiary alicyclic amines) is 1. The predicted octanol–water partition coefficient (Wildman–Crippen LogP) is 1.31. The van der Waals surface area contributed by atoms with Crippen LogP contribution in [0.5, 0.6) is 0 Å². The van der Waals surface area contributed by atoms with Crippen LogP contribution >= 0.6 is 11.8 Å². The van der Waals surface area contributed by atoms with Crippen molar-refractivity contribution in [3.63, 3.8) is 0 Å². The van der Waals surface area contributed by atoms with Crippen molar-refractivity contribution in [2.24, 2.45) is 11.8 Å². The number of rotatable bonds is 13. The van der Waals surface area contributed by atoms with Crippen molar-refractivity contribution in [2.75, 3.05) is 59.2 Å². The Bertz CT molecular complexity index is 880. The maximum atomic E-state index is 14.3. The van der Waals surface area contributed by atoms with Gasteiger partial charge < -0.3 is 24.4 Å². The standard InChI is InChI=1S/C27H41N3O6S/c1-4-6-7-15-36-26(34)21-20-8-9-27(37-20)22(21)24(32)30(19(3)18-31)23(27)25(33)29(10-5-2)12-11-28-13-16-35-17-14-28/h4-5,19-23,31H,1-2,6-18H2,3H3/t19-,20+,21-,22+,23?,27?/m1/s1. The molecule has 4 aliphatic rings. The van der Waals surface area contributed by atoms with Crippen LogP contribution < -0.4 is 0 Å². The molecule has 37 heavy (non-hydrogen) atoms. The molecule has 1 spiro atoms. The van der Waals surface area contributed by atoms with Gasteiger partial charge in [0.2, 0.25) is 11.8 Å². The molecule has 4 aliphatic heterocycles. The maximum absolute atomic E-state index is 14.3. The molecule has 6 atom stereocenters. The summed E-state index contributed by atoms with van der Waals surface area (Å²) in [5, 5.41) is 10.0. The summed E-state index contributed by atoms with van der Waals surface area (Å²) in [5.41, 5.74) is 0. The summed E-state index contributed by atoms with van der Waals surface area (Å²) in [5.74, 6) is -1.87. The quantitative estimate of drug-likeness (QED) is 0.214. The van der Waals surface area contributed by atoms with Crippen LogP contribution in [0.15, 0.2) is 25.3 Å². The third kappa shape index (κ3) is 5.35. The first-order chi connectivity index (χ1) is 17.9. The molecule has 0 aromatic carbocycles. The number of ether oxygens (including phenoxy) is 2. The van der Waals surface area contributed by atoms with Crippen LogP contribution in [0, 0.1) is 11.8 Å². The second-order valence-electron chi connectivity index (χ2n) is 10.5. The summed E-state index contributed by atoms with van der Waals surface area (Å²) in [6, 6.07) is -1.26. The number of fused-ring (bicyclic) bond motifs is 1. The van der Waals surface area contributed by atoms with Crippen molar-refractivity contribution < 1.29 is 29.0 Å². The van der Waals surface area contributed by atoms with E-state index in [0.29, 0.717) is 52.3 Å². The van der Waals surface area contributed by atoms with Crippen LogP contribution in [0.25, 0.3) is 0 Å². The fourth-order valence-electron chi connectivity index (χ4n) is 6.40. The number of aliphatic hydroxyl groups is 1. The topological polar surface area (TPSA) is 99.6 Å². The SMILES string of the molecule is C=CCCCOC(=O)[C@@H]1[C@@H]2CCC3(S2)C(C(=O)N(CC=C)CCN2CCOCC2)N([C@H](C)CO)C(=O)[C@H]13. The number of morpholine rings is 1. The number of unbranched alkanes of at least 4 members (excludes halogenated alkanes) is 1. The summed E-state index contributed by atoms with van der Waals surface area (Å²) in [4.78, 5) is 47.0. The fourth-order valence-corrected chi connectivity index (χ4v) is 8.59. The smallest absolute Gasteiger partial charge is 0.310 e. The second kappa shape index (κ2) is 12.3. The number of amides is 2. The molecule has 2 bridgehead atoms. The molecule has 4 heterocycles. The lowest BCUT2D eigenvalue weighted by atomic mass is 9.71. The molecule has 1 N–H and O–H groups in total. The number of hydrogen-bond acceptors (Lipinski definition) is 8. The van der Waals surface area contributed by atoms with Gasteiger partial charge in [-0.2, -0.15) is 0 Å². The fraction of sp³-hybridized carbons (Fsp3) is 0.741. The summed E-state index contributed by atoms with van der Waals surface area (Å²) in [7, 11) is 0. The Morgan fingerprint density at radius 1 is 1.32 bits per heavy atom. The molecule has 4 fully saturated rings. The number of carbonyl (C=O) groups is 3. The third-order valence-electron chi connectivity index (χ3n) is 8.23. The van der Waals surface area contributed by atoms with Gasteiger partial charge in [0.25, 0.3) is 0 Å². The average molecular weight is 536 g/mol. The Labute approximate surface area is 224 Å². The lowest BCUT2D eigenvalue weighted by Gasteiger charge is -2.39. The molecule has 0 aromatic rings. The van der Waals surface area contributed by atoms with E-state index in [4.69, 9.17) is 9.47 Å². The van der Waals surface area contributed by atoms with Gasteiger partial charge >= 0.3 is 5.97 Å². The molecule has 0 saturated carbocycles. The molecule has 10 heteroatoms. The van der Waals surface area contributed by atoms with Gasteiger partial charge in [-0.1, -0.05) is 12.2 Å². The lowest BCUT2D eigenvalue weighted by molar-refractivity contribution is -0.154. The normalized spacial score (nSPS) is 31.7. The van der Waals surface area contributed by atoms with Crippen molar-refractivity contribution in [1.29, 1.82) is 0 Å². The van der Waals surface area contributed by atoms with Gasteiger partial charge in [-0.3, -0.25) is 19.3 Å². The Hall–Kier alpha value is -1.88. The summed E-state index contributed by atoms with van der Waals surface area (Å²) in [6.45, 7) is 14.0. The first-order valence-electron chi connectivity index (χ1n) is 13.5. The zero-order valence-corrected chi connectivity index (χ0v) is 22.7. The van der Waals surface area contributed by atoms with Crippen molar-refractivity contribution in [1.82, 2.24) is 14.7 Å². The largest absolute Gasteiger partial charge is 0.465 e. The Kier molecular flexibility index (Phi) is 9.37. The molecule has 0 aliphatic carbocycles. The molecule has 2 amide bonds. The number of aliphatic hydroxyl groups excluding tert-OH is 1. The van der Waals surface area contributed by atoms with Crippen molar-refractivity contribution in [3.05, 3.63) is 25.3 Å². The number of hydrogen-bond donors (Lipinski definition) is 1. The van der Waals surface area contributed by atoms with E-state index in [0.717, 1.165) is 25.9 Å². The van der Waals surface area contributed by atoms with Gasteiger partial charge in [0, 0.05) is 38.0 Å². The Morgan fingerprint density at radius 2 is 2.08 bits per heavy atom. The minimum Gasteiger partial charge on any atom is -0.465 e. The molecule has 0 aromatic heterocycles. The van der Waals surface area contributed by atoms with Crippen LogP contribution in [0.4, 0.5) is 0 Å². The van der Waals surface area contributed by atoms with Crippen LogP contribution in [0.2, 0.25) is 0 Å². The molecule has 2 unspecified atom stereocenters. The number of allylic oxidation sites excluding steroid dienone is 1. The highest BCUT2D eigenvalue weighted by atomic mass is 32.2. The molecule has 9 nitrogen and oxygen atoms in total. The number of nitrogens with zero attached hydrogens (tertiary/aromatic N) is 3. The van der Waals surface area contributed by atoms with Gasteiger partial charge in [0.1, 0.15) is 6.04 Å². The van der Waals surface area contributed by atoms with E-state index >= 15 is 0 Å². The van der Waals surface area contributed by atoms with Crippen LogP contribution in [0.3, 0.4) is 0 Å². The number of esters is 1. The van der Waals surface area contributed by atoms with Gasteiger partial charge in [0.05, 0.1) is 49.1 Å². The summed E-state index contributed by atoms with van der Waals surface area (Å²) < 4.78 is 10.4. The van der Waals surface area contributed by atoms with E-state index in [2.05, 4.69) is 18.1 Å². The average Bonchev–Trinajstić information content (AvgIpc) is 3.56. The predicted molar refractivity (Wildman–Crippen MR) is 142 cm³/mol. The maximum Gasteiger partial charge on any atom is 0.310 e. The van der Waals surface area contributed by atoms with Crippen molar-refractivity contribution in [3.8, 4) is 0 Å². The van der Waals surface area contributed by atoms with Gasteiger partial charge in [-0.15, -0.1) is 24.9 Å². The Morgan fingerprint density at radius 3 is 2.76 bits per heavy atom. The van der Waals surface area contributed by atoms with E-state index < -0.39 is 28.7 Å². The van der Waals surface area contributed by atoms with E-state index in [9.17, 15) is 19.5 Å². The van der Waals surface area contributed by atoms with Crippen LogP contribution in [-0.4, -0.2) is 119 Å². The molecule has 0 radical (unpaired) electrons. The number of carbonyl (C=O) groups excluding carboxylic acids is 3. The van der Waals surface area contributed by atoms with Crippen LogP contribution in [0.1, 0.15) is 32.6 Å².